The molecule has 1 aromatic heterocycles. The summed E-state index contributed by atoms with van der Waals surface area (Å²) in [5.41, 5.74) is 4.13. The molecule has 1 unspecified atom stereocenters. The second kappa shape index (κ2) is 9.24. The van der Waals surface area contributed by atoms with Crippen LogP contribution in [0.2, 0.25) is 0 Å². The average molecular weight is 499 g/mol. The van der Waals surface area contributed by atoms with Gasteiger partial charge in [0.1, 0.15) is 11.5 Å². The van der Waals surface area contributed by atoms with E-state index in [0.717, 1.165) is 21.4 Å². The fourth-order valence-corrected chi connectivity index (χ4v) is 5.42. The number of ketones is 1. The summed E-state index contributed by atoms with van der Waals surface area (Å²) in [6.07, 6.45) is 0. The minimum absolute atomic E-state index is 0.0537. The third-order valence-corrected chi connectivity index (χ3v) is 7.50. The molecule has 2 heterocycles. The highest BCUT2D eigenvalue weighted by Gasteiger charge is 2.48. The molecule has 1 amide bonds. The van der Waals surface area contributed by atoms with Gasteiger partial charge in [0.05, 0.1) is 28.9 Å². The number of nitrogens with zero attached hydrogens (tertiary/aromatic N) is 2. The summed E-state index contributed by atoms with van der Waals surface area (Å²) in [7, 11) is 1.59. The topological polar surface area (TPSA) is 79.7 Å². The van der Waals surface area contributed by atoms with Gasteiger partial charge < -0.3 is 9.84 Å². The third-order valence-electron chi connectivity index (χ3n) is 6.48. The lowest BCUT2D eigenvalue weighted by Gasteiger charge is -2.23. The fourth-order valence-electron chi connectivity index (χ4n) is 4.40. The molecule has 0 bridgehead atoms. The molecule has 7 heteroatoms. The van der Waals surface area contributed by atoms with Crippen LogP contribution in [0.15, 0.2) is 72.3 Å². The molecule has 6 nitrogen and oxygen atoms in total. The average Bonchev–Trinajstić information content (AvgIpc) is 3.41. The van der Waals surface area contributed by atoms with Crippen molar-refractivity contribution in [3.63, 3.8) is 0 Å². The number of aliphatic hydroxyl groups excluding tert-OH is 1. The lowest BCUT2D eigenvalue weighted by Crippen LogP contribution is -2.29. The predicted molar refractivity (Wildman–Crippen MR) is 143 cm³/mol. The molecule has 0 aliphatic carbocycles. The van der Waals surface area contributed by atoms with Gasteiger partial charge in [-0.05, 0) is 42.2 Å². The van der Waals surface area contributed by atoms with Crippen LogP contribution in [0.1, 0.15) is 48.1 Å². The van der Waals surface area contributed by atoms with Crippen LogP contribution in [0.4, 0.5) is 5.13 Å². The lowest BCUT2D eigenvalue weighted by molar-refractivity contribution is -0.132. The highest BCUT2D eigenvalue weighted by Crippen LogP contribution is 2.44. The van der Waals surface area contributed by atoms with Crippen molar-refractivity contribution in [2.45, 2.75) is 32.7 Å². The SMILES string of the molecule is COc1ccc2nc(N3C(=O)C(=O)/C(=C(/O)c4ccc(C)cc4)C3c3ccc(C(C)C)cc3)sc2c1. The smallest absolute Gasteiger partial charge is 0.301 e. The molecule has 4 aromatic rings. The van der Waals surface area contributed by atoms with Gasteiger partial charge in [-0.1, -0.05) is 79.3 Å². The Morgan fingerprint density at radius 1 is 1.03 bits per heavy atom. The van der Waals surface area contributed by atoms with Crippen LogP contribution in [-0.4, -0.2) is 28.9 Å². The molecule has 182 valence electrons. The zero-order chi connectivity index (χ0) is 25.6. The van der Waals surface area contributed by atoms with E-state index in [1.807, 2.05) is 55.5 Å². The van der Waals surface area contributed by atoms with Crippen LogP contribution < -0.4 is 9.64 Å². The number of thiazole rings is 1. The Bertz CT molecular complexity index is 1500. The first-order valence-electron chi connectivity index (χ1n) is 11.7. The molecular formula is C29H26N2O4S. The summed E-state index contributed by atoms with van der Waals surface area (Å²) in [4.78, 5) is 32.9. The molecule has 1 N–H and O–H groups in total. The molecule has 1 aliphatic rings. The fraction of sp³-hybridized carbons (Fsp3) is 0.207. The quantitative estimate of drug-likeness (QED) is 0.197. The largest absolute Gasteiger partial charge is 0.507 e. The molecule has 0 saturated carbocycles. The predicted octanol–water partition coefficient (Wildman–Crippen LogP) is 6.36. The number of fused-ring (bicyclic) bond motifs is 1. The van der Waals surface area contributed by atoms with Gasteiger partial charge in [-0.3, -0.25) is 14.5 Å². The summed E-state index contributed by atoms with van der Waals surface area (Å²) < 4.78 is 6.16. The third kappa shape index (κ3) is 4.05. The number of Topliss-reactive ketones (excluding diaryl/α,β-unsaturated/α-hetero) is 1. The van der Waals surface area contributed by atoms with Crippen molar-refractivity contribution in [2.24, 2.45) is 0 Å². The van der Waals surface area contributed by atoms with Crippen LogP contribution in [0, 0.1) is 6.92 Å². The molecule has 1 saturated heterocycles. The van der Waals surface area contributed by atoms with Crippen molar-refractivity contribution in [3.05, 3.63) is 94.6 Å². The number of aliphatic hydroxyl groups is 1. The van der Waals surface area contributed by atoms with E-state index >= 15 is 0 Å². The number of ether oxygens (including phenoxy) is 1. The molecule has 3 aromatic carbocycles. The number of rotatable bonds is 5. The number of hydrogen-bond donors (Lipinski definition) is 1. The molecule has 0 radical (unpaired) electrons. The van der Waals surface area contributed by atoms with Gasteiger partial charge >= 0.3 is 5.91 Å². The molecule has 0 spiro atoms. The Hall–Kier alpha value is -3.97. The van der Waals surface area contributed by atoms with E-state index in [0.29, 0.717) is 27.9 Å². The summed E-state index contributed by atoms with van der Waals surface area (Å²) in [6, 6.07) is 19.7. The molecule has 1 atom stereocenters. The number of methoxy groups -OCH3 is 1. The van der Waals surface area contributed by atoms with E-state index in [2.05, 4.69) is 18.8 Å². The second-order valence-corrected chi connectivity index (χ2v) is 10.2. The number of amides is 1. The van der Waals surface area contributed by atoms with Crippen molar-refractivity contribution >= 4 is 44.1 Å². The Kier molecular flexibility index (Phi) is 6.10. The van der Waals surface area contributed by atoms with Gasteiger partial charge in [-0.15, -0.1) is 0 Å². The zero-order valence-electron chi connectivity index (χ0n) is 20.5. The maximum atomic E-state index is 13.4. The zero-order valence-corrected chi connectivity index (χ0v) is 21.3. The molecule has 1 fully saturated rings. The molecule has 1 aliphatic heterocycles. The van der Waals surface area contributed by atoms with Gasteiger partial charge in [0.2, 0.25) is 0 Å². The van der Waals surface area contributed by atoms with Crippen molar-refractivity contribution < 1.29 is 19.4 Å². The second-order valence-electron chi connectivity index (χ2n) is 9.19. The number of carbonyl (C=O) groups excluding carboxylic acids is 2. The van der Waals surface area contributed by atoms with Crippen LogP contribution in [0.5, 0.6) is 5.75 Å². The number of aromatic nitrogens is 1. The van der Waals surface area contributed by atoms with Crippen molar-refractivity contribution in [2.75, 3.05) is 12.0 Å². The Morgan fingerprint density at radius 3 is 2.36 bits per heavy atom. The minimum atomic E-state index is -0.810. The maximum absolute atomic E-state index is 13.4. The number of hydrogen-bond acceptors (Lipinski definition) is 6. The molecular weight excluding hydrogens is 472 g/mol. The van der Waals surface area contributed by atoms with Crippen LogP contribution >= 0.6 is 11.3 Å². The van der Waals surface area contributed by atoms with Gasteiger partial charge in [0.15, 0.2) is 5.13 Å². The molecule has 36 heavy (non-hydrogen) atoms. The number of carbonyl (C=O) groups is 2. The van der Waals surface area contributed by atoms with E-state index in [4.69, 9.17) is 4.74 Å². The van der Waals surface area contributed by atoms with Crippen molar-refractivity contribution in [1.82, 2.24) is 4.98 Å². The molecule has 5 rings (SSSR count). The summed E-state index contributed by atoms with van der Waals surface area (Å²) in [5.74, 6) is -0.635. The van der Waals surface area contributed by atoms with E-state index in [9.17, 15) is 14.7 Å². The van der Waals surface area contributed by atoms with E-state index < -0.39 is 17.7 Å². The van der Waals surface area contributed by atoms with Gasteiger partial charge in [-0.2, -0.15) is 0 Å². The first-order chi connectivity index (χ1) is 17.3. The van der Waals surface area contributed by atoms with E-state index in [1.165, 1.54) is 16.2 Å². The number of aryl methyl sites for hydroxylation is 1. The van der Waals surface area contributed by atoms with Gasteiger partial charge in [0.25, 0.3) is 5.78 Å². The standard InChI is InChI=1S/C29H26N2O4S/c1-16(2)18-9-11-19(12-10-18)25-24(26(32)20-7-5-17(3)6-8-20)27(33)28(34)31(25)29-30-22-14-13-21(35-4)15-23(22)36-29/h5-16,25,32H,1-4H3/b26-24+. The number of benzene rings is 3. The first kappa shape index (κ1) is 23.8. The normalized spacial score (nSPS) is 17.4. The Morgan fingerprint density at radius 2 is 1.72 bits per heavy atom. The summed E-state index contributed by atoms with van der Waals surface area (Å²) in [5, 5.41) is 11.7. The van der Waals surface area contributed by atoms with Gasteiger partial charge in [-0.25, -0.2) is 4.98 Å². The first-order valence-corrected chi connectivity index (χ1v) is 12.5. The van der Waals surface area contributed by atoms with E-state index in [1.54, 1.807) is 25.3 Å². The maximum Gasteiger partial charge on any atom is 0.301 e. The summed E-state index contributed by atoms with van der Waals surface area (Å²) >= 11 is 1.31. The van der Waals surface area contributed by atoms with E-state index in [-0.39, 0.29) is 11.3 Å². The van der Waals surface area contributed by atoms with Gasteiger partial charge in [0, 0.05) is 5.56 Å². The van der Waals surface area contributed by atoms with Crippen LogP contribution in [0.25, 0.3) is 16.0 Å². The number of anilines is 1. The highest BCUT2D eigenvalue weighted by molar-refractivity contribution is 7.22. The lowest BCUT2D eigenvalue weighted by atomic mass is 9.93. The summed E-state index contributed by atoms with van der Waals surface area (Å²) in [6.45, 7) is 6.16. The van der Waals surface area contributed by atoms with Crippen LogP contribution in [-0.2, 0) is 9.59 Å². The highest BCUT2D eigenvalue weighted by atomic mass is 32.1. The minimum Gasteiger partial charge on any atom is -0.507 e. The van der Waals surface area contributed by atoms with Crippen molar-refractivity contribution in [1.29, 1.82) is 0 Å². The Labute approximate surface area is 213 Å². The Balaban J connectivity index is 1.70. The van der Waals surface area contributed by atoms with Crippen molar-refractivity contribution in [3.8, 4) is 5.75 Å². The monoisotopic (exact) mass is 498 g/mol. The van der Waals surface area contributed by atoms with Crippen LogP contribution in [0.3, 0.4) is 0 Å².